The maximum atomic E-state index is 12.9. The molecule has 0 aliphatic carbocycles. The van der Waals surface area contributed by atoms with E-state index in [9.17, 15) is 9.59 Å². The van der Waals surface area contributed by atoms with Gasteiger partial charge in [0, 0.05) is 42.1 Å². The molecule has 4 aromatic rings. The number of pyridine rings is 1. The molecule has 0 saturated heterocycles. The molecule has 2 N–H and O–H groups in total. The fourth-order valence-corrected chi connectivity index (χ4v) is 5.04. The summed E-state index contributed by atoms with van der Waals surface area (Å²) in [7, 11) is 0. The number of thioether (sulfide) groups is 2. The Morgan fingerprint density at radius 2 is 1.86 bits per heavy atom. The van der Waals surface area contributed by atoms with Gasteiger partial charge in [-0.05, 0) is 49.6 Å². The number of carbonyl (C=O) groups is 2. The van der Waals surface area contributed by atoms with Crippen LogP contribution in [0.15, 0.2) is 48.7 Å². The van der Waals surface area contributed by atoms with Crippen LogP contribution in [0.1, 0.15) is 39.2 Å². The first-order chi connectivity index (χ1) is 17.5. The second kappa shape index (κ2) is 12.3. The van der Waals surface area contributed by atoms with Crippen LogP contribution in [0.5, 0.6) is 0 Å². The Bertz CT molecular complexity index is 1350. The van der Waals surface area contributed by atoms with Crippen LogP contribution in [0.25, 0.3) is 11.3 Å². The molecule has 0 aliphatic rings. The number of nitrogens with one attached hydrogen (secondary N) is 2. The zero-order chi connectivity index (χ0) is 25.5. The standard InChI is InChI=1S/C24H26ClN7O2S2/c1-3-26-23(33)16-7-9-18(10-8-16)32-19(15-35-2)22(29-30-32)24(34)27-11-12-36-14-17-13-31-20(25)5-4-6-21(31)28-17/h4-10,13H,3,11-12,14-15H2,1-2H3,(H,26,33)(H,27,34). The van der Waals surface area contributed by atoms with Crippen molar-refractivity contribution in [2.45, 2.75) is 18.4 Å². The predicted octanol–water partition coefficient (Wildman–Crippen LogP) is 3.84. The topological polar surface area (TPSA) is 106 Å². The van der Waals surface area contributed by atoms with E-state index in [0.717, 1.165) is 22.8 Å². The highest BCUT2D eigenvalue weighted by molar-refractivity contribution is 7.98. The van der Waals surface area contributed by atoms with Crippen LogP contribution in [-0.2, 0) is 11.5 Å². The van der Waals surface area contributed by atoms with Crippen molar-refractivity contribution in [3.8, 4) is 5.69 Å². The molecule has 12 heteroatoms. The van der Waals surface area contributed by atoms with E-state index in [0.29, 0.717) is 46.7 Å². The van der Waals surface area contributed by atoms with Crippen LogP contribution in [-0.4, -0.2) is 61.3 Å². The Morgan fingerprint density at radius 3 is 2.58 bits per heavy atom. The molecular weight excluding hydrogens is 518 g/mol. The zero-order valence-electron chi connectivity index (χ0n) is 19.9. The molecule has 0 aliphatic heterocycles. The van der Waals surface area contributed by atoms with E-state index in [1.165, 1.54) is 0 Å². The van der Waals surface area contributed by atoms with Crippen molar-refractivity contribution in [1.82, 2.24) is 35.0 Å². The number of amides is 2. The Kier molecular flexibility index (Phi) is 8.89. The molecule has 0 radical (unpaired) electrons. The van der Waals surface area contributed by atoms with Crippen molar-refractivity contribution in [2.24, 2.45) is 0 Å². The average Bonchev–Trinajstić information content (AvgIpc) is 3.49. The molecule has 1 aromatic carbocycles. The van der Waals surface area contributed by atoms with Gasteiger partial charge < -0.3 is 10.6 Å². The number of benzene rings is 1. The van der Waals surface area contributed by atoms with Crippen LogP contribution in [0.4, 0.5) is 0 Å². The molecule has 3 heterocycles. The van der Waals surface area contributed by atoms with Gasteiger partial charge in [0.1, 0.15) is 10.8 Å². The number of carbonyl (C=O) groups excluding carboxylic acids is 2. The van der Waals surface area contributed by atoms with Crippen LogP contribution < -0.4 is 10.6 Å². The minimum absolute atomic E-state index is 0.130. The maximum absolute atomic E-state index is 12.9. The number of nitrogens with zero attached hydrogens (tertiary/aromatic N) is 5. The molecule has 0 bridgehead atoms. The third-order valence-corrected chi connectivity index (χ3v) is 7.11. The molecule has 4 rings (SSSR count). The molecule has 0 unspecified atom stereocenters. The van der Waals surface area contributed by atoms with E-state index < -0.39 is 0 Å². The molecule has 3 aromatic heterocycles. The molecule has 2 amide bonds. The molecule has 36 heavy (non-hydrogen) atoms. The molecule has 188 valence electrons. The van der Waals surface area contributed by atoms with E-state index in [-0.39, 0.29) is 11.8 Å². The number of aromatic nitrogens is 5. The summed E-state index contributed by atoms with van der Waals surface area (Å²) in [5, 5.41) is 14.7. The summed E-state index contributed by atoms with van der Waals surface area (Å²) < 4.78 is 3.50. The molecule has 0 fully saturated rings. The van der Waals surface area contributed by atoms with Gasteiger partial charge in [-0.2, -0.15) is 23.5 Å². The maximum Gasteiger partial charge on any atom is 0.273 e. The van der Waals surface area contributed by atoms with E-state index in [2.05, 4.69) is 25.9 Å². The first-order valence-corrected chi connectivity index (χ1v) is 14.2. The van der Waals surface area contributed by atoms with Crippen molar-refractivity contribution < 1.29 is 9.59 Å². The Hall–Kier alpha value is -3.02. The van der Waals surface area contributed by atoms with Crippen molar-refractivity contribution in [3.05, 3.63) is 76.5 Å². The molecule has 9 nitrogen and oxygen atoms in total. The van der Waals surface area contributed by atoms with Crippen molar-refractivity contribution in [1.29, 1.82) is 0 Å². The third kappa shape index (κ3) is 6.03. The average molecular weight is 544 g/mol. The van der Waals surface area contributed by atoms with Crippen molar-refractivity contribution >= 4 is 52.6 Å². The van der Waals surface area contributed by atoms with Crippen LogP contribution in [0.2, 0.25) is 5.15 Å². The van der Waals surface area contributed by atoms with Gasteiger partial charge in [-0.25, -0.2) is 9.67 Å². The van der Waals surface area contributed by atoms with Crippen LogP contribution >= 0.6 is 35.1 Å². The minimum atomic E-state index is -0.260. The highest BCUT2D eigenvalue weighted by atomic mass is 35.5. The van der Waals surface area contributed by atoms with Crippen LogP contribution in [0, 0.1) is 0 Å². The molecule has 0 saturated carbocycles. The van der Waals surface area contributed by atoms with Gasteiger partial charge in [0.15, 0.2) is 5.69 Å². The third-order valence-electron chi connectivity index (χ3n) is 5.24. The molecular formula is C24H26ClN7O2S2. The Morgan fingerprint density at radius 1 is 1.06 bits per heavy atom. The van der Waals surface area contributed by atoms with Crippen molar-refractivity contribution in [3.63, 3.8) is 0 Å². The number of halogens is 1. The van der Waals surface area contributed by atoms with Crippen LogP contribution in [0.3, 0.4) is 0 Å². The molecule has 0 atom stereocenters. The quantitative estimate of drug-likeness (QED) is 0.219. The van der Waals surface area contributed by atoms with E-state index in [1.54, 1.807) is 52.5 Å². The SMILES string of the molecule is CCNC(=O)c1ccc(-n2nnc(C(=O)NCCSCc3cn4c(Cl)cccc4n3)c2CSC)cc1. The van der Waals surface area contributed by atoms with Gasteiger partial charge in [0.25, 0.3) is 11.8 Å². The van der Waals surface area contributed by atoms with Gasteiger partial charge in [-0.15, -0.1) is 5.10 Å². The lowest BCUT2D eigenvalue weighted by Crippen LogP contribution is -2.27. The highest BCUT2D eigenvalue weighted by Crippen LogP contribution is 2.19. The first kappa shape index (κ1) is 26.1. The second-order valence-corrected chi connectivity index (χ2v) is 10.1. The summed E-state index contributed by atoms with van der Waals surface area (Å²) in [5.41, 5.74) is 4.06. The lowest BCUT2D eigenvalue weighted by Gasteiger charge is -2.08. The Balaban J connectivity index is 1.34. The highest BCUT2D eigenvalue weighted by Gasteiger charge is 2.20. The number of imidazole rings is 1. The van der Waals surface area contributed by atoms with E-state index in [1.807, 2.05) is 42.0 Å². The monoisotopic (exact) mass is 543 g/mol. The van der Waals surface area contributed by atoms with Crippen molar-refractivity contribution in [2.75, 3.05) is 25.1 Å². The van der Waals surface area contributed by atoms with Gasteiger partial charge >= 0.3 is 0 Å². The van der Waals surface area contributed by atoms with Gasteiger partial charge in [-0.3, -0.25) is 14.0 Å². The number of fused-ring (bicyclic) bond motifs is 1. The fourth-order valence-electron chi connectivity index (χ4n) is 3.56. The summed E-state index contributed by atoms with van der Waals surface area (Å²) in [6.07, 6.45) is 3.89. The largest absolute Gasteiger partial charge is 0.352 e. The van der Waals surface area contributed by atoms with Gasteiger partial charge in [-0.1, -0.05) is 22.9 Å². The summed E-state index contributed by atoms with van der Waals surface area (Å²) in [6, 6.07) is 12.7. The second-order valence-electron chi connectivity index (χ2n) is 7.75. The number of hydrogen-bond acceptors (Lipinski definition) is 7. The summed E-state index contributed by atoms with van der Waals surface area (Å²) in [5.74, 6) is 1.62. The zero-order valence-corrected chi connectivity index (χ0v) is 22.3. The number of rotatable bonds is 11. The lowest BCUT2D eigenvalue weighted by atomic mass is 10.2. The normalized spacial score (nSPS) is 11.1. The fraction of sp³-hybridized carbons (Fsp3) is 0.292. The lowest BCUT2D eigenvalue weighted by molar-refractivity contribution is 0.0944. The van der Waals surface area contributed by atoms with E-state index >= 15 is 0 Å². The van der Waals surface area contributed by atoms with Gasteiger partial charge in [0.05, 0.1) is 17.1 Å². The van der Waals surface area contributed by atoms with E-state index in [4.69, 9.17) is 11.6 Å². The summed E-state index contributed by atoms with van der Waals surface area (Å²) >= 11 is 9.45. The number of hydrogen-bond donors (Lipinski definition) is 2. The van der Waals surface area contributed by atoms with Gasteiger partial charge in [0.2, 0.25) is 0 Å². The molecule has 0 spiro atoms. The first-order valence-electron chi connectivity index (χ1n) is 11.3. The summed E-state index contributed by atoms with van der Waals surface area (Å²) in [4.78, 5) is 29.4. The smallest absolute Gasteiger partial charge is 0.273 e. The predicted molar refractivity (Wildman–Crippen MR) is 145 cm³/mol. The minimum Gasteiger partial charge on any atom is -0.352 e. The Labute approximate surface area is 222 Å². The summed E-state index contributed by atoms with van der Waals surface area (Å²) in [6.45, 7) is 2.93.